The number of nitrogens with one attached hydrogen (secondary N) is 2. The number of nitrogens with zero attached hydrogens (tertiary/aromatic N) is 2. The number of carbonyl (C=O) groups excluding carboxylic acids is 1. The van der Waals surface area contributed by atoms with Crippen molar-refractivity contribution in [3.8, 4) is 6.07 Å². The van der Waals surface area contributed by atoms with Gasteiger partial charge in [0.15, 0.2) is 0 Å². The van der Waals surface area contributed by atoms with Crippen LogP contribution in [0, 0.1) is 18.3 Å². The van der Waals surface area contributed by atoms with Gasteiger partial charge in [-0.05, 0) is 48.2 Å². The molecule has 2 aromatic rings. The van der Waals surface area contributed by atoms with Gasteiger partial charge in [-0.3, -0.25) is 4.79 Å². The van der Waals surface area contributed by atoms with Crippen molar-refractivity contribution in [1.29, 1.82) is 5.26 Å². The van der Waals surface area contributed by atoms with E-state index in [1.807, 2.05) is 49.4 Å². The van der Waals surface area contributed by atoms with Crippen molar-refractivity contribution < 1.29 is 4.79 Å². The van der Waals surface area contributed by atoms with Crippen LogP contribution in [0.1, 0.15) is 30.9 Å². The molecule has 5 heteroatoms. The number of carbonyl (C=O) groups is 1. The van der Waals surface area contributed by atoms with Gasteiger partial charge in [-0.1, -0.05) is 26.0 Å². The summed E-state index contributed by atoms with van der Waals surface area (Å²) in [5, 5.41) is 14.8. The number of pyridine rings is 1. The lowest BCUT2D eigenvalue weighted by molar-refractivity contribution is -0.112. The molecule has 2 N–H and O–H groups in total. The topological polar surface area (TPSA) is 77.8 Å². The maximum Gasteiger partial charge on any atom is 0.267 e. The van der Waals surface area contributed by atoms with Crippen LogP contribution in [0.4, 0.5) is 11.5 Å². The molecule has 2 rings (SSSR count). The molecule has 1 heterocycles. The van der Waals surface area contributed by atoms with E-state index in [1.165, 1.54) is 11.8 Å². The molecule has 0 aliphatic rings. The van der Waals surface area contributed by atoms with Gasteiger partial charge in [0.05, 0.1) is 0 Å². The highest BCUT2D eigenvalue weighted by Crippen LogP contribution is 2.17. The van der Waals surface area contributed by atoms with E-state index in [1.54, 1.807) is 6.20 Å². The standard InChI is InChI=1S/C19H20N4O/c1-13(2)15-4-6-17(7-5-15)23-19(24)16(11-20)12-22-18-10-14(3)8-9-21-18/h4-10,12-13H,1-3H3,(H,21,22)(H,23,24)/b16-12-. The van der Waals surface area contributed by atoms with Crippen LogP contribution in [-0.2, 0) is 4.79 Å². The van der Waals surface area contributed by atoms with E-state index >= 15 is 0 Å². The zero-order valence-corrected chi connectivity index (χ0v) is 14.0. The molecule has 1 amide bonds. The summed E-state index contributed by atoms with van der Waals surface area (Å²) < 4.78 is 0. The molecule has 1 aromatic carbocycles. The molecule has 0 spiro atoms. The van der Waals surface area contributed by atoms with Gasteiger partial charge in [-0.2, -0.15) is 5.26 Å². The molecule has 0 fully saturated rings. The molecule has 0 saturated heterocycles. The van der Waals surface area contributed by atoms with Gasteiger partial charge in [0.2, 0.25) is 0 Å². The Morgan fingerprint density at radius 1 is 1.25 bits per heavy atom. The average Bonchev–Trinajstić information content (AvgIpc) is 2.56. The summed E-state index contributed by atoms with van der Waals surface area (Å²) in [6, 6.07) is 13.2. The van der Waals surface area contributed by atoms with E-state index in [-0.39, 0.29) is 5.57 Å². The van der Waals surface area contributed by atoms with E-state index in [2.05, 4.69) is 29.5 Å². The molecular formula is C19H20N4O. The number of anilines is 2. The Labute approximate surface area is 142 Å². The minimum absolute atomic E-state index is 0.0220. The summed E-state index contributed by atoms with van der Waals surface area (Å²) in [6.45, 7) is 6.15. The fourth-order valence-corrected chi connectivity index (χ4v) is 2.06. The fourth-order valence-electron chi connectivity index (χ4n) is 2.06. The maximum absolute atomic E-state index is 12.2. The Morgan fingerprint density at radius 2 is 1.96 bits per heavy atom. The fraction of sp³-hybridized carbons (Fsp3) is 0.211. The maximum atomic E-state index is 12.2. The van der Waals surface area contributed by atoms with Crippen molar-refractivity contribution in [3.63, 3.8) is 0 Å². The van der Waals surface area contributed by atoms with Gasteiger partial charge in [0.1, 0.15) is 17.5 Å². The van der Waals surface area contributed by atoms with Crippen molar-refractivity contribution in [3.05, 3.63) is 65.5 Å². The van der Waals surface area contributed by atoms with Gasteiger partial charge in [0.25, 0.3) is 5.91 Å². The van der Waals surface area contributed by atoms with Crippen LogP contribution < -0.4 is 10.6 Å². The van der Waals surface area contributed by atoms with Gasteiger partial charge >= 0.3 is 0 Å². The first-order valence-electron chi connectivity index (χ1n) is 7.70. The lowest BCUT2D eigenvalue weighted by Gasteiger charge is -2.08. The monoisotopic (exact) mass is 320 g/mol. The first kappa shape index (κ1) is 17.2. The third kappa shape index (κ3) is 4.68. The third-order valence-electron chi connectivity index (χ3n) is 3.48. The second kappa shape index (κ2) is 7.93. The quantitative estimate of drug-likeness (QED) is 0.645. The van der Waals surface area contributed by atoms with Gasteiger partial charge in [-0.15, -0.1) is 0 Å². The summed E-state index contributed by atoms with van der Waals surface area (Å²) in [6.07, 6.45) is 3.02. The number of hydrogen-bond acceptors (Lipinski definition) is 4. The molecule has 1 aromatic heterocycles. The van der Waals surface area contributed by atoms with Crippen LogP contribution in [-0.4, -0.2) is 10.9 Å². The number of aryl methyl sites for hydroxylation is 1. The first-order valence-corrected chi connectivity index (χ1v) is 7.70. The summed E-state index contributed by atoms with van der Waals surface area (Å²) in [5.74, 6) is 0.544. The summed E-state index contributed by atoms with van der Waals surface area (Å²) in [7, 11) is 0. The second-order valence-corrected chi connectivity index (χ2v) is 5.76. The summed E-state index contributed by atoms with van der Waals surface area (Å²) in [4.78, 5) is 16.3. The molecule has 0 saturated carbocycles. The zero-order valence-electron chi connectivity index (χ0n) is 14.0. The largest absolute Gasteiger partial charge is 0.345 e. The third-order valence-corrected chi connectivity index (χ3v) is 3.48. The van der Waals surface area contributed by atoms with Crippen molar-refractivity contribution in [1.82, 2.24) is 4.98 Å². The minimum Gasteiger partial charge on any atom is -0.345 e. The van der Waals surface area contributed by atoms with E-state index in [9.17, 15) is 10.1 Å². The number of nitriles is 1. The molecule has 5 nitrogen and oxygen atoms in total. The van der Waals surface area contributed by atoms with E-state index in [0.29, 0.717) is 17.4 Å². The van der Waals surface area contributed by atoms with Crippen molar-refractivity contribution >= 4 is 17.4 Å². The van der Waals surface area contributed by atoms with Gasteiger partial charge < -0.3 is 10.6 Å². The summed E-state index contributed by atoms with van der Waals surface area (Å²) in [5.41, 5.74) is 2.86. The predicted molar refractivity (Wildman–Crippen MR) is 95.5 cm³/mol. The molecule has 0 aliphatic heterocycles. The van der Waals surface area contributed by atoms with E-state index in [4.69, 9.17) is 0 Å². The highest BCUT2D eigenvalue weighted by Gasteiger charge is 2.09. The molecule has 0 radical (unpaired) electrons. The van der Waals surface area contributed by atoms with Crippen LogP contribution >= 0.6 is 0 Å². The average molecular weight is 320 g/mol. The Morgan fingerprint density at radius 3 is 2.54 bits per heavy atom. The van der Waals surface area contributed by atoms with Crippen molar-refractivity contribution in [2.75, 3.05) is 10.6 Å². The molecular weight excluding hydrogens is 300 g/mol. The smallest absolute Gasteiger partial charge is 0.267 e. The van der Waals surface area contributed by atoms with Crippen LogP contribution in [0.3, 0.4) is 0 Å². The predicted octanol–water partition coefficient (Wildman–Crippen LogP) is 3.97. The number of rotatable bonds is 5. The lowest BCUT2D eigenvalue weighted by Crippen LogP contribution is -2.14. The van der Waals surface area contributed by atoms with Gasteiger partial charge in [-0.25, -0.2) is 4.98 Å². The van der Waals surface area contributed by atoms with E-state index < -0.39 is 5.91 Å². The van der Waals surface area contributed by atoms with Crippen molar-refractivity contribution in [2.45, 2.75) is 26.7 Å². The zero-order chi connectivity index (χ0) is 17.5. The SMILES string of the molecule is Cc1ccnc(N/C=C(/C#N)C(=O)Nc2ccc(C(C)C)cc2)c1. The Balaban J connectivity index is 2.05. The Hall–Kier alpha value is -3.13. The van der Waals surface area contributed by atoms with Gasteiger partial charge in [0, 0.05) is 18.1 Å². The first-order chi connectivity index (χ1) is 11.5. The Bertz CT molecular complexity index is 786. The van der Waals surface area contributed by atoms with Crippen LogP contribution in [0.25, 0.3) is 0 Å². The molecule has 0 aliphatic carbocycles. The van der Waals surface area contributed by atoms with Crippen LogP contribution in [0.15, 0.2) is 54.4 Å². The van der Waals surface area contributed by atoms with E-state index in [0.717, 1.165) is 5.56 Å². The minimum atomic E-state index is -0.463. The normalized spacial score (nSPS) is 11.0. The molecule has 122 valence electrons. The number of amides is 1. The Kier molecular flexibility index (Phi) is 5.69. The highest BCUT2D eigenvalue weighted by molar-refractivity contribution is 6.06. The van der Waals surface area contributed by atoms with Crippen LogP contribution in [0.2, 0.25) is 0 Å². The molecule has 0 unspecified atom stereocenters. The molecule has 24 heavy (non-hydrogen) atoms. The highest BCUT2D eigenvalue weighted by atomic mass is 16.1. The second-order valence-electron chi connectivity index (χ2n) is 5.76. The molecule has 0 bridgehead atoms. The summed E-state index contributed by atoms with van der Waals surface area (Å²) >= 11 is 0. The number of aromatic nitrogens is 1. The van der Waals surface area contributed by atoms with Crippen molar-refractivity contribution in [2.24, 2.45) is 0 Å². The van der Waals surface area contributed by atoms with Crippen LogP contribution in [0.5, 0.6) is 0 Å². The number of hydrogen-bond donors (Lipinski definition) is 2. The molecule has 0 atom stereocenters. The number of benzene rings is 1. The lowest BCUT2D eigenvalue weighted by atomic mass is 10.0.